The van der Waals surface area contributed by atoms with Crippen molar-refractivity contribution in [3.63, 3.8) is 0 Å². The van der Waals surface area contributed by atoms with Crippen molar-refractivity contribution in [3.8, 4) is 5.75 Å². The van der Waals surface area contributed by atoms with Gasteiger partial charge in [-0.2, -0.15) is 0 Å². The molecule has 0 aliphatic rings. The maximum Gasteiger partial charge on any atom is 0.123 e. The van der Waals surface area contributed by atoms with E-state index in [-0.39, 0.29) is 0 Å². The van der Waals surface area contributed by atoms with Crippen molar-refractivity contribution in [1.29, 1.82) is 0 Å². The summed E-state index contributed by atoms with van der Waals surface area (Å²) in [6.45, 7) is 6.81. The van der Waals surface area contributed by atoms with E-state index in [0.29, 0.717) is 0 Å². The van der Waals surface area contributed by atoms with Gasteiger partial charge in [-0.3, -0.25) is 0 Å². The van der Waals surface area contributed by atoms with Crippen LogP contribution in [0.25, 0.3) is 11.0 Å². The number of para-hydroxylation sites is 3. The molecule has 3 heteroatoms. The Bertz CT molecular complexity index is 716. The standard InChI is InChI=1S/C16H16N2O.C2H6/c1-12-17-14-8-4-5-9-15(14)18(12)11-13-7-3-6-10-16(13)19-2;1-2/h3-10H,11H2,1-2H3;1-2H3. The molecule has 1 heterocycles. The summed E-state index contributed by atoms with van der Waals surface area (Å²) >= 11 is 0. The summed E-state index contributed by atoms with van der Waals surface area (Å²) in [6.07, 6.45) is 0. The summed E-state index contributed by atoms with van der Waals surface area (Å²) < 4.78 is 7.63. The summed E-state index contributed by atoms with van der Waals surface area (Å²) in [6, 6.07) is 16.3. The first kappa shape index (κ1) is 15.1. The van der Waals surface area contributed by atoms with E-state index >= 15 is 0 Å². The van der Waals surface area contributed by atoms with Gasteiger partial charge in [0.15, 0.2) is 0 Å². The van der Waals surface area contributed by atoms with Crippen LogP contribution in [0.5, 0.6) is 5.75 Å². The topological polar surface area (TPSA) is 27.1 Å². The molecule has 0 aliphatic carbocycles. The summed E-state index contributed by atoms with van der Waals surface area (Å²) in [7, 11) is 1.71. The Morgan fingerprint density at radius 2 is 1.67 bits per heavy atom. The third kappa shape index (κ3) is 3.07. The molecule has 0 fully saturated rings. The minimum atomic E-state index is 0.774. The smallest absolute Gasteiger partial charge is 0.123 e. The Morgan fingerprint density at radius 1 is 1.00 bits per heavy atom. The number of fused-ring (bicyclic) bond motifs is 1. The van der Waals surface area contributed by atoms with E-state index in [1.54, 1.807) is 7.11 Å². The second kappa shape index (κ2) is 6.93. The molecule has 3 rings (SSSR count). The van der Waals surface area contributed by atoms with Crippen LogP contribution in [0.2, 0.25) is 0 Å². The molecule has 2 aromatic carbocycles. The highest BCUT2D eigenvalue weighted by Gasteiger charge is 2.09. The quantitative estimate of drug-likeness (QED) is 0.710. The molecule has 0 spiro atoms. The minimum absolute atomic E-state index is 0.774. The van der Waals surface area contributed by atoms with Crippen LogP contribution < -0.4 is 4.74 Å². The largest absolute Gasteiger partial charge is 0.496 e. The van der Waals surface area contributed by atoms with Crippen molar-refractivity contribution in [2.45, 2.75) is 27.3 Å². The average Bonchev–Trinajstić information content (AvgIpc) is 2.86. The van der Waals surface area contributed by atoms with Crippen LogP contribution in [0, 0.1) is 6.92 Å². The molecule has 0 saturated heterocycles. The summed E-state index contributed by atoms with van der Waals surface area (Å²) in [5.74, 6) is 1.94. The molecule has 110 valence electrons. The molecule has 21 heavy (non-hydrogen) atoms. The summed E-state index contributed by atoms with van der Waals surface area (Å²) in [4.78, 5) is 4.59. The lowest BCUT2D eigenvalue weighted by Gasteiger charge is -2.11. The van der Waals surface area contributed by atoms with Crippen LogP contribution in [0.1, 0.15) is 25.2 Å². The van der Waals surface area contributed by atoms with E-state index in [4.69, 9.17) is 4.74 Å². The Labute approximate surface area is 126 Å². The van der Waals surface area contributed by atoms with Gasteiger partial charge in [-0.05, 0) is 25.1 Å². The molecule has 0 bridgehead atoms. The van der Waals surface area contributed by atoms with Crippen LogP contribution >= 0.6 is 0 Å². The molecule has 0 aliphatic heterocycles. The second-order valence-corrected chi connectivity index (χ2v) is 4.55. The van der Waals surface area contributed by atoms with E-state index in [1.165, 1.54) is 0 Å². The highest BCUT2D eigenvalue weighted by atomic mass is 16.5. The fourth-order valence-electron chi connectivity index (χ4n) is 2.40. The molecule has 3 nitrogen and oxygen atoms in total. The van der Waals surface area contributed by atoms with Gasteiger partial charge in [-0.15, -0.1) is 0 Å². The van der Waals surface area contributed by atoms with Crippen LogP contribution in [-0.4, -0.2) is 16.7 Å². The van der Waals surface area contributed by atoms with E-state index in [9.17, 15) is 0 Å². The second-order valence-electron chi connectivity index (χ2n) is 4.55. The lowest BCUT2D eigenvalue weighted by atomic mass is 10.2. The van der Waals surface area contributed by atoms with Gasteiger partial charge in [0.2, 0.25) is 0 Å². The number of nitrogens with zero attached hydrogens (tertiary/aromatic N) is 2. The maximum absolute atomic E-state index is 5.41. The monoisotopic (exact) mass is 282 g/mol. The molecule has 0 N–H and O–H groups in total. The molecular weight excluding hydrogens is 260 g/mol. The van der Waals surface area contributed by atoms with Crippen LogP contribution in [0.15, 0.2) is 48.5 Å². The van der Waals surface area contributed by atoms with Crippen molar-refractivity contribution in [2.75, 3.05) is 7.11 Å². The predicted octanol–water partition coefficient (Wildman–Crippen LogP) is 4.43. The van der Waals surface area contributed by atoms with Gasteiger partial charge in [-0.25, -0.2) is 4.98 Å². The van der Waals surface area contributed by atoms with Crippen molar-refractivity contribution in [3.05, 3.63) is 59.9 Å². The third-order valence-electron chi connectivity index (χ3n) is 3.37. The minimum Gasteiger partial charge on any atom is -0.496 e. The number of methoxy groups -OCH3 is 1. The molecule has 0 unspecified atom stereocenters. The first-order valence-electron chi connectivity index (χ1n) is 7.33. The van der Waals surface area contributed by atoms with E-state index in [0.717, 1.165) is 34.7 Å². The number of hydrogen-bond donors (Lipinski definition) is 0. The number of imidazole rings is 1. The van der Waals surface area contributed by atoms with Gasteiger partial charge in [-0.1, -0.05) is 44.2 Å². The third-order valence-corrected chi connectivity index (χ3v) is 3.37. The summed E-state index contributed by atoms with van der Waals surface area (Å²) in [5, 5.41) is 0. The van der Waals surface area contributed by atoms with Crippen LogP contribution in [0.4, 0.5) is 0 Å². The Kier molecular flexibility index (Phi) is 4.99. The Balaban J connectivity index is 0.000000774. The lowest BCUT2D eigenvalue weighted by molar-refractivity contribution is 0.408. The van der Waals surface area contributed by atoms with Gasteiger partial charge in [0, 0.05) is 5.56 Å². The molecule has 3 aromatic rings. The first-order chi connectivity index (χ1) is 10.3. The number of ether oxygens (including phenoxy) is 1. The normalized spacial score (nSPS) is 10.1. The SMILES string of the molecule is CC.COc1ccccc1Cn1c(C)nc2ccccc21. The fourth-order valence-corrected chi connectivity index (χ4v) is 2.40. The summed E-state index contributed by atoms with van der Waals surface area (Å²) in [5.41, 5.74) is 3.36. The Morgan fingerprint density at radius 3 is 2.43 bits per heavy atom. The zero-order valence-electron chi connectivity index (χ0n) is 13.1. The number of aromatic nitrogens is 2. The zero-order valence-corrected chi connectivity index (χ0v) is 13.1. The van der Waals surface area contributed by atoms with E-state index in [1.807, 2.05) is 57.2 Å². The zero-order chi connectivity index (χ0) is 15.2. The van der Waals surface area contributed by atoms with Gasteiger partial charge < -0.3 is 9.30 Å². The van der Waals surface area contributed by atoms with Gasteiger partial charge in [0.25, 0.3) is 0 Å². The number of benzene rings is 2. The molecule has 0 atom stereocenters. The van der Waals surface area contributed by atoms with Crippen LogP contribution in [-0.2, 0) is 6.54 Å². The molecular formula is C18H22N2O. The molecule has 0 radical (unpaired) electrons. The van der Waals surface area contributed by atoms with Crippen molar-refractivity contribution in [1.82, 2.24) is 9.55 Å². The Hall–Kier alpha value is -2.29. The van der Waals surface area contributed by atoms with Gasteiger partial charge >= 0.3 is 0 Å². The lowest BCUT2D eigenvalue weighted by Crippen LogP contribution is -2.03. The van der Waals surface area contributed by atoms with Crippen molar-refractivity contribution >= 4 is 11.0 Å². The predicted molar refractivity (Wildman–Crippen MR) is 87.9 cm³/mol. The van der Waals surface area contributed by atoms with Crippen molar-refractivity contribution < 1.29 is 4.74 Å². The fraction of sp³-hybridized carbons (Fsp3) is 0.278. The number of aryl methyl sites for hydroxylation is 1. The van der Waals surface area contributed by atoms with Gasteiger partial charge in [0.05, 0.1) is 24.7 Å². The van der Waals surface area contributed by atoms with Gasteiger partial charge in [0.1, 0.15) is 11.6 Å². The highest BCUT2D eigenvalue weighted by molar-refractivity contribution is 5.76. The molecule has 0 amide bonds. The van der Waals surface area contributed by atoms with E-state index in [2.05, 4.69) is 21.7 Å². The molecule has 0 saturated carbocycles. The molecule has 1 aromatic heterocycles. The van der Waals surface area contributed by atoms with Crippen molar-refractivity contribution in [2.24, 2.45) is 0 Å². The average molecular weight is 282 g/mol. The highest BCUT2D eigenvalue weighted by Crippen LogP contribution is 2.22. The maximum atomic E-state index is 5.41. The first-order valence-corrected chi connectivity index (χ1v) is 7.33. The number of hydrogen-bond acceptors (Lipinski definition) is 2. The van der Waals surface area contributed by atoms with E-state index < -0.39 is 0 Å². The number of rotatable bonds is 3. The van der Waals surface area contributed by atoms with Crippen LogP contribution in [0.3, 0.4) is 0 Å².